The van der Waals surface area contributed by atoms with E-state index in [1.807, 2.05) is 20.8 Å². The predicted molar refractivity (Wildman–Crippen MR) is 91.2 cm³/mol. The third kappa shape index (κ3) is 13.7. The van der Waals surface area contributed by atoms with E-state index in [1.165, 1.54) is 6.08 Å². The van der Waals surface area contributed by atoms with E-state index < -0.39 is 18.3 Å². The molecule has 0 aliphatic rings. The fraction of sp³-hybridized carbons (Fsp3) is 0.923. The van der Waals surface area contributed by atoms with Crippen molar-refractivity contribution in [2.24, 2.45) is 4.99 Å². The maximum absolute atomic E-state index is 9.93. The second-order valence-corrected chi connectivity index (χ2v) is 8.78. The molecule has 138 valence electrons. The van der Waals surface area contributed by atoms with E-state index in [4.69, 9.17) is 26.6 Å². The molecule has 23 heavy (non-hydrogen) atoms. The van der Waals surface area contributed by atoms with Gasteiger partial charge >= 0.3 is 18.3 Å². The van der Waals surface area contributed by atoms with Crippen molar-refractivity contribution >= 4 is 24.4 Å². The molecule has 0 aromatic heterocycles. The van der Waals surface area contributed by atoms with Crippen molar-refractivity contribution in [1.29, 1.82) is 0 Å². The maximum Gasteiger partial charge on any atom is 0.500 e. The molecule has 0 radical (unpaired) electrons. The minimum atomic E-state index is -2.54. The van der Waals surface area contributed by atoms with Crippen LogP contribution in [0.2, 0.25) is 6.04 Å². The molecule has 0 bridgehead atoms. The molecule has 0 amide bonds. The summed E-state index contributed by atoms with van der Waals surface area (Å²) >= 11 is 0. The molecule has 0 aliphatic heterocycles. The van der Waals surface area contributed by atoms with Gasteiger partial charge < -0.3 is 26.6 Å². The van der Waals surface area contributed by atoms with Crippen LogP contribution in [0.4, 0.5) is 0 Å². The van der Waals surface area contributed by atoms with E-state index in [2.05, 4.69) is 4.99 Å². The molecule has 0 atom stereocenters. The van der Waals surface area contributed by atoms with Crippen LogP contribution in [-0.2, 0) is 31.4 Å². The molecule has 0 rings (SSSR count). The van der Waals surface area contributed by atoms with Gasteiger partial charge in [-0.25, -0.2) is 9.79 Å². The highest BCUT2D eigenvalue weighted by Crippen LogP contribution is 2.17. The summed E-state index contributed by atoms with van der Waals surface area (Å²) in [6.07, 6.45) is 2.24. The molecular weight excluding hydrogens is 338 g/mol. The Morgan fingerprint density at radius 3 is 1.61 bits per heavy atom. The third-order valence-corrected chi connectivity index (χ3v) is 6.79. The molecule has 0 aliphatic carbocycles. The lowest BCUT2D eigenvalue weighted by molar-refractivity contribution is 0.0710. The average Bonchev–Trinajstić information content (AvgIpc) is 2.55. The molecule has 0 spiro atoms. The van der Waals surface area contributed by atoms with Crippen LogP contribution in [-0.4, -0.2) is 72.1 Å². The van der Waals surface area contributed by atoms with E-state index >= 15 is 0 Å². The van der Waals surface area contributed by atoms with Gasteiger partial charge in [0.05, 0.1) is 6.54 Å². The monoisotopic (exact) mass is 369 g/mol. The van der Waals surface area contributed by atoms with Gasteiger partial charge in [-0.2, -0.15) is 0 Å². The quantitative estimate of drug-likeness (QED) is 0.210. The maximum atomic E-state index is 9.93. The summed E-state index contributed by atoms with van der Waals surface area (Å²) in [5.74, 6) is 0. The highest BCUT2D eigenvalue weighted by molar-refractivity contribution is 6.60. The summed E-state index contributed by atoms with van der Waals surface area (Å²) in [4.78, 5) is 13.4. The lowest BCUT2D eigenvalue weighted by Crippen LogP contribution is -2.46. The van der Waals surface area contributed by atoms with Gasteiger partial charge in [0.25, 0.3) is 0 Å². The summed E-state index contributed by atoms with van der Waals surface area (Å²) in [5.41, 5.74) is 0. The number of aliphatic imine (C=N–C) groups is 1. The van der Waals surface area contributed by atoms with E-state index in [1.54, 1.807) is 21.3 Å². The number of rotatable bonds is 13. The lowest BCUT2D eigenvalue weighted by Gasteiger charge is -2.28. The van der Waals surface area contributed by atoms with Gasteiger partial charge in [-0.15, -0.1) is 0 Å². The number of carbonyl (C=O) groups excluding carboxylic acids is 1. The Morgan fingerprint density at radius 1 is 0.913 bits per heavy atom. The van der Waals surface area contributed by atoms with Gasteiger partial charge in [0.1, 0.15) is 0 Å². The van der Waals surface area contributed by atoms with Crippen LogP contribution in [0.5, 0.6) is 0 Å². The minimum Gasteiger partial charge on any atom is -0.379 e. The smallest absolute Gasteiger partial charge is 0.379 e. The van der Waals surface area contributed by atoms with Crippen molar-refractivity contribution < 1.29 is 31.4 Å². The zero-order valence-electron chi connectivity index (χ0n) is 15.1. The first-order chi connectivity index (χ1) is 11.1. The molecule has 0 heterocycles. The largest absolute Gasteiger partial charge is 0.500 e. The summed E-state index contributed by atoms with van der Waals surface area (Å²) in [5, 5.41) is 0. The van der Waals surface area contributed by atoms with Crippen molar-refractivity contribution in [2.75, 3.05) is 47.7 Å². The Labute approximate surface area is 142 Å². The van der Waals surface area contributed by atoms with Crippen molar-refractivity contribution in [1.82, 2.24) is 0 Å². The van der Waals surface area contributed by atoms with Gasteiger partial charge in [0.15, 0.2) is 0 Å². The van der Waals surface area contributed by atoms with E-state index in [9.17, 15) is 4.79 Å². The zero-order chi connectivity index (χ0) is 18.0. The Morgan fingerprint density at radius 2 is 1.35 bits per heavy atom. The lowest BCUT2D eigenvalue weighted by atomic mass is 10.5. The Balaban J connectivity index is 0. The highest BCUT2D eigenvalue weighted by Gasteiger charge is 2.39. The van der Waals surface area contributed by atoms with Crippen molar-refractivity contribution in [3.63, 3.8) is 0 Å². The van der Waals surface area contributed by atoms with Crippen LogP contribution >= 0.6 is 0 Å². The highest BCUT2D eigenvalue weighted by atomic mass is 28.4. The normalized spacial score (nSPS) is 10.9. The summed E-state index contributed by atoms with van der Waals surface area (Å²) in [7, 11) is 0.513. The van der Waals surface area contributed by atoms with Crippen LogP contribution in [0.15, 0.2) is 4.99 Å². The molecule has 0 aromatic carbocycles. The van der Waals surface area contributed by atoms with E-state index in [0.29, 0.717) is 32.4 Å². The minimum absolute atomic E-state index is 0.450. The Bertz CT molecular complexity index is 278. The summed E-state index contributed by atoms with van der Waals surface area (Å²) < 4.78 is 31.2. The van der Waals surface area contributed by atoms with Crippen LogP contribution < -0.4 is 0 Å². The molecule has 0 N–H and O–H groups in total. The number of nitrogens with zero attached hydrogens (tertiary/aromatic N) is 1. The Kier molecular flexibility index (Phi) is 19.3. The van der Waals surface area contributed by atoms with Crippen LogP contribution in [0.1, 0.15) is 27.2 Å². The number of hydrogen-bond donors (Lipinski definition) is 0. The van der Waals surface area contributed by atoms with Gasteiger partial charge in [0, 0.05) is 47.2 Å². The first-order valence-corrected chi connectivity index (χ1v) is 11.0. The van der Waals surface area contributed by atoms with Crippen molar-refractivity contribution in [3.05, 3.63) is 0 Å². The topological polar surface area (TPSA) is 84.8 Å². The number of hydrogen-bond acceptors (Lipinski definition) is 8. The summed E-state index contributed by atoms with van der Waals surface area (Å²) in [6.45, 7) is 7.93. The first-order valence-electron chi connectivity index (χ1n) is 7.63. The van der Waals surface area contributed by atoms with Crippen molar-refractivity contribution in [2.45, 2.75) is 33.2 Å². The standard InChI is InChI=1S/C10H21NO4Si.C3H10O3Si/c1-4-13-16(14-5-2,15-6-3)9-7-8-11-10-12;1-4-7(5-2)6-3/h4-9H2,1-3H3;7H,1-3H3. The Hall–Kier alpha value is -0.426. The molecule has 8 nitrogen and oxygen atoms in total. The first kappa shape index (κ1) is 24.8. The fourth-order valence-corrected chi connectivity index (χ4v) is 4.88. The van der Waals surface area contributed by atoms with Crippen molar-refractivity contribution in [3.8, 4) is 0 Å². The molecule has 0 unspecified atom stereocenters. The molecule has 0 saturated carbocycles. The molecule has 0 aromatic rings. The molecular formula is C13H31NO7Si2. The van der Waals surface area contributed by atoms with Crippen LogP contribution in [0.25, 0.3) is 0 Å². The predicted octanol–water partition coefficient (Wildman–Crippen LogP) is 1.40. The molecule has 0 fully saturated rings. The fourth-order valence-electron chi connectivity index (χ4n) is 1.71. The number of isocyanates is 1. The van der Waals surface area contributed by atoms with Gasteiger partial charge in [-0.1, -0.05) is 0 Å². The molecule has 10 heteroatoms. The third-order valence-electron chi connectivity index (χ3n) is 2.49. The average molecular weight is 370 g/mol. The van der Waals surface area contributed by atoms with Crippen LogP contribution in [0, 0.1) is 0 Å². The summed E-state index contributed by atoms with van der Waals surface area (Å²) in [6, 6.07) is 0.688. The van der Waals surface area contributed by atoms with Gasteiger partial charge in [-0.05, 0) is 27.2 Å². The second kappa shape index (κ2) is 17.9. The zero-order valence-corrected chi connectivity index (χ0v) is 17.3. The SMILES string of the molecule is CCO[Si](CCCN=C=O)(OCC)OCC.CO[SiH](OC)OC. The van der Waals surface area contributed by atoms with Gasteiger partial charge in [0.2, 0.25) is 6.08 Å². The second-order valence-electron chi connectivity index (χ2n) is 4.05. The van der Waals surface area contributed by atoms with E-state index in [-0.39, 0.29) is 0 Å². The van der Waals surface area contributed by atoms with Crippen LogP contribution in [0.3, 0.4) is 0 Å². The van der Waals surface area contributed by atoms with E-state index in [0.717, 1.165) is 6.42 Å². The molecule has 0 saturated heterocycles. The van der Waals surface area contributed by atoms with Gasteiger partial charge in [-0.3, -0.25) is 0 Å².